The second-order valence-electron chi connectivity index (χ2n) is 23.7. The monoisotopic (exact) mass is 1380 g/mol. The molecule has 3 aromatic carbocycles. The van der Waals surface area contributed by atoms with Gasteiger partial charge in [0, 0.05) is 55.9 Å². The maximum absolute atomic E-state index is 16.5. The summed E-state index contributed by atoms with van der Waals surface area (Å²) in [6.07, 6.45) is -8.05. The Morgan fingerprint density at radius 1 is 0.784 bits per heavy atom. The normalized spacial score (nSPS) is 22.9. The number of hydrogen-bond acceptors (Lipinski definition) is 21. The van der Waals surface area contributed by atoms with Crippen molar-refractivity contribution < 1.29 is 84.1 Å². The predicted octanol–water partition coefficient (Wildman–Crippen LogP) is 5.87. The van der Waals surface area contributed by atoms with Crippen molar-refractivity contribution in [3.05, 3.63) is 136 Å². The average molecular weight is 1380 g/mol. The lowest BCUT2D eigenvalue weighted by molar-refractivity contribution is -0.131. The molecule has 34 heteroatoms. The van der Waals surface area contributed by atoms with Crippen LogP contribution in [0.3, 0.4) is 0 Å². The number of carbonyl (C=O) groups is 6. The summed E-state index contributed by atoms with van der Waals surface area (Å²) in [4.78, 5) is 114. The summed E-state index contributed by atoms with van der Waals surface area (Å²) in [6, 6.07) is 19.8. The van der Waals surface area contributed by atoms with Crippen LogP contribution in [0, 0.1) is 23.6 Å². The average Bonchev–Trinajstić information content (AvgIpc) is 1.61. The van der Waals surface area contributed by atoms with Crippen LogP contribution in [0.25, 0.3) is 22.2 Å². The number of halogens is 2. The molecule has 4 aliphatic rings. The summed E-state index contributed by atoms with van der Waals surface area (Å²) >= 11 is 0. The van der Waals surface area contributed by atoms with Crippen molar-refractivity contribution in [3.8, 4) is 11.8 Å². The molecule has 0 spiro atoms. The third-order valence-corrected chi connectivity index (χ3v) is 18.3. The number of aliphatic hydroxyl groups excluding tert-OH is 1. The minimum Gasteiger partial charge on any atom is -0.445 e. The van der Waals surface area contributed by atoms with Crippen molar-refractivity contribution in [1.82, 2.24) is 49.6 Å². The molecule has 2 bridgehead atoms. The van der Waals surface area contributed by atoms with Gasteiger partial charge in [0.05, 0.1) is 38.1 Å². The highest BCUT2D eigenvalue weighted by Crippen LogP contribution is 2.46. The molecule has 7 aromatic rings. The van der Waals surface area contributed by atoms with Gasteiger partial charge in [-0.25, -0.2) is 33.5 Å². The van der Waals surface area contributed by atoms with Crippen molar-refractivity contribution in [1.29, 1.82) is 0 Å². The lowest BCUT2D eigenvalue weighted by atomic mass is 10.0. The minimum atomic E-state index is -3.62. The molecule has 3 saturated heterocycles. The number of imidazole rings is 1. The van der Waals surface area contributed by atoms with Crippen molar-refractivity contribution in [3.63, 3.8) is 0 Å². The van der Waals surface area contributed by atoms with Crippen LogP contribution in [-0.4, -0.2) is 155 Å². The van der Waals surface area contributed by atoms with E-state index in [0.717, 1.165) is 45.8 Å². The van der Waals surface area contributed by atoms with Crippen LogP contribution in [0.1, 0.15) is 94.0 Å². The van der Waals surface area contributed by atoms with Crippen molar-refractivity contribution in [2.45, 2.75) is 134 Å². The molecular weight excluding hydrogens is 1310 g/mol. The lowest BCUT2D eigenvalue weighted by Gasteiger charge is -2.26. The first kappa shape index (κ1) is 69.2. The number of nitrogens with zero attached hydrogens (tertiary/aromatic N) is 8. The van der Waals surface area contributed by atoms with Gasteiger partial charge in [0.1, 0.15) is 60.9 Å². The van der Waals surface area contributed by atoms with Crippen molar-refractivity contribution in [2.24, 2.45) is 5.92 Å². The summed E-state index contributed by atoms with van der Waals surface area (Å²) < 4.78 is 99.7. The van der Waals surface area contributed by atoms with Gasteiger partial charge in [0.2, 0.25) is 29.5 Å². The third-order valence-electron chi connectivity index (χ3n) is 16.5. The van der Waals surface area contributed by atoms with E-state index in [0.29, 0.717) is 30.6 Å². The molecule has 4 aromatic heterocycles. The number of aromatic nitrogens is 7. The minimum absolute atomic E-state index is 0.00336. The van der Waals surface area contributed by atoms with Crippen molar-refractivity contribution in [2.75, 3.05) is 42.3 Å². The zero-order chi connectivity index (χ0) is 68.6. The van der Waals surface area contributed by atoms with E-state index in [9.17, 15) is 52.2 Å². The van der Waals surface area contributed by atoms with Gasteiger partial charge in [-0.15, -0.1) is 0 Å². The number of amides is 6. The van der Waals surface area contributed by atoms with E-state index in [2.05, 4.69) is 58.0 Å². The summed E-state index contributed by atoms with van der Waals surface area (Å²) in [5.74, 6) is 3.02. The quantitative estimate of drug-likeness (QED) is 0.0295. The Labute approximate surface area is 553 Å². The van der Waals surface area contributed by atoms with Gasteiger partial charge in [-0.1, -0.05) is 68.2 Å². The van der Waals surface area contributed by atoms with E-state index in [1.807, 2.05) is 48.5 Å². The number of benzene rings is 3. The molecule has 97 heavy (non-hydrogen) atoms. The fraction of sp³-hybridized carbons (Fsp3) is 0.413. The van der Waals surface area contributed by atoms with Crippen LogP contribution in [0.5, 0.6) is 0 Å². The standard InChI is InChI=1S/C63H69F2N13O17P2/c1-34(2)50(73-45(79)16-9-10-18-47(81)76-26-39-14-6-5-12-37(39)21-22-38-13-7-8-15-42(38)76)60(85)71-35(3)58(83)72-40-23-19-36(20-24-40)28-89-63(86)75(4)25-11-17-46(80)74-55-51-57(68-31-66-55)78(33-70-51)61-49(65)53-44(93-61)30-91-97(88)95-54-52(82)43(29-90-96(87)94-53)92-62(54)77-27-41(64)48-56(77)67-32-69-59(48)84/h5-8,12-15,19-20,23-24,27,31-35,43-44,49-50,52-54,61-62,82,96-97H,9-11,16-18,25-26,28-30H2,1-4H3,(H,71,85)(H,72,83)(H,73,79)(H,67,69,84)(H,66,68,74,80)/t35-,43+,44+,49+,50-,52+,53+,54+,61+,62+/m0/s1. The van der Waals surface area contributed by atoms with Crippen molar-refractivity contribution >= 4 is 91.5 Å². The van der Waals surface area contributed by atoms with Crippen LogP contribution >= 0.6 is 16.5 Å². The number of anilines is 3. The first-order valence-corrected chi connectivity index (χ1v) is 33.5. The first-order valence-electron chi connectivity index (χ1n) is 31.1. The molecule has 0 saturated carbocycles. The number of aliphatic hydroxyl groups is 1. The van der Waals surface area contributed by atoms with Gasteiger partial charge in [-0.05, 0) is 73.6 Å². The van der Waals surface area contributed by atoms with E-state index in [-0.39, 0.29) is 79.2 Å². The summed E-state index contributed by atoms with van der Waals surface area (Å²) in [7, 11) is -5.75. The van der Waals surface area contributed by atoms with Gasteiger partial charge >= 0.3 is 22.6 Å². The smallest absolute Gasteiger partial charge is 0.409 e. The van der Waals surface area contributed by atoms with Gasteiger partial charge in [0.15, 0.2) is 47.1 Å². The molecular formula is C63H69F2N13O17P2. The van der Waals surface area contributed by atoms with Gasteiger partial charge in [-0.3, -0.25) is 47.0 Å². The van der Waals surface area contributed by atoms with Crippen LogP contribution < -0.4 is 31.7 Å². The fourth-order valence-corrected chi connectivity index (χ4v) is 13.1. The largest absolute Gasteiger partial charge is 0.445 e. The lowest BCUT2D eigenvalue weighted by Crippen LogP contribution is -2.53. The van der Waals surface area contributed by atoms with Gasteiger partial charge < -0.3 is 73.5 Å². The number of hydrogen-bond donors (Lipinski definition) is 6. The van der Waals surface area contributed by atoms with Crippen LogP contribution in [0.4, 0.5) is 30.8 Å². The number of alkyl halides is 1. The Morgan fingerprint density at radius 3 is 2.25 bits per heavy atom. The molecule has 12 atom stereocenters. The Morgan fingerprint density at radius 2 is 1.47 bits per heavy atom. The topological polar surface area (TPSA) is 370 Å². The number of ether oxygens (including phenoxy) is 3. The molecule has 3 fully saturated rings. The fourth-order valence-electron chi connectivity index (χ4n) is 11.4. The number of carbonyl (C=O) groups excluding carboxylic acids is 6. The number of H-pyrrole nitrogens is 1. The van der Waals surface area contributed by atoms with Crippen LogP contribution in [0.15, 0.2) is 103 Å². The highest BCUT2D eigenvalue weighted by atomic mass is 31.1. The van der Waals surface area contributed by atoms with E-state index in [1.165, 1.54) is 29.8 Å². The van der Waals surface area contributed by atoms with Gasteiger partial charge in [0.25, 0.3) is 5.56 Å². The molecule has 0 aliphatic carbocycles. The molecule has 6 N–H and O–H groups in total. The Balaban J connectivity index is 0.595. The van der Waals surface area contributed by atoms with Gasteiger partial charge in [-0.2, -0.15) is 0 Å². The maximum Gasteiger partial charge on any atom is 0.409 e. The molecule has 4 aliphatic heterocycles. The maximum atomic E-state index is 16.5. The molecule has 0 radical (unpaired) electrons. The molecule has 11 rings (SSSR count). The van der Waals surface area contributed by atoms with E-state index >= 15 is 4.39 Å². The zero-order valence-corrected chi connectivity index (χ0v) is 54.7. The molecule has 2 unspecified atom stereocenters. The summed E-state index contributed by atoms with van der Waals surface area (Å²) in [5.41, 5.74) is 3.29. The second-order valence-corrected chi connectivity index (χ2v) is 25.7. The van der Waals surface area contributed by atoms with E-state index in [1.54, 1.807) is 43.0 Å². The Hall–Kier alpha value is -9.15. The number of rotatable bonds is 20. The zero-order valence-electron chi connectivity index (χ0n) is 52.7. The number of fused-ring (bicyclic) bond motifs is 7. The predicted molar refractivity (Wildman–Crippen MR) is 343 cm³/mol. The Kier molecular flexibility index (Phi) is 22.1. The highest BCUT2D eigenvalue weighted by Gasteiger charge is 2.51. The number of unbranched alkanes of at least 4 members (excludes halogenated alkanes) is 1. The second kappa shape index (κ2) is 30.9. The molecule has 512 valence electrons. The van der Waals surface area contributed by atoms with Crippen LogP contribution in [0.2, 0.25) is 0 Å². The molecule has 30 nitrogen and oxygen atoms in total. The number of aromatic amines is 1. The molecule has 6 amide bonds. The Bertz CT molecular complexity index is 4280. The number of para-hydroxylation sites is 1. The highest BCUT2D eigenvalue weighted by molar-refractivity contribution is 7.33. The van der Waals surface area contributed by atoms with E-state index < -0.39 is 132 Å². The van der Waals surface area contributed by atoms with Crippen LogP contribution in [-0.2, 0) is 78.6 Å². The molecule has 8 heterocycles. The first-order chi connectivity index (χ1) is 46.7. The summed E-state index contributed by atoms with van der Waals surface area (Å²) in [6.45, 7) is 4.10. The SMILES string of the molecule is CC(C)[C@H](NC(=O)CCCCC(=O)N1Cc2ccccc2C#Cc2ccccc21)C(=O)N[C@@H](C)C(=O)Nc1ccc(COC(=O)N(C)CCCC(=O)Nc2ncnc3c2ncn3[C@@H]2O[C@@H]3CO[PH](=O)O[C@@H]4[C@H](O)[C@@H](CO[PH](=O)O[C@H]3[C@H]2F)O[C@H]4n2cc(F)c3c(=O)[nH]cnc32)cc1. The summed E-state index contributed by atoms with van der Waals surface area (Å²) in [5, 5.41) is 21.6. The third kappa shape index (κ3) is 16.1. The van der Waals surface area contributed by atoms with E-state index in [4.69, 9.17) is 32.3 Å². The number of nitrogens with one attached hydrogen (secondary N) is 5.